The number of aryl methyl sites for hydroxylation is 1. The van der Waals surface area contributed by atoms with Gasteiger partial charge in [0.1, 0.15) is 5.01 Å². The van der Waals surface area contributed by atoms with Crippen LogP contribution in [-0.2, 0) is 14.3 Å². The molecule has 1 saturated heterocycles. The van der Waals surface area contributed by atoms with Gasteiger partial charge in [-0.05, 0) is 30.7 Å². The molecule has 3 rings (SSSR count). The highest BCUT2D eigenvalue weighted by Crippen LogP contribution is 2.24. The Morgan fingerprint density at radius 2 is 2.00 bits per heavy atom. The Kier molecular flexibility index (Phi) is 5.27. The lowest BCUT2D eigenvalue weighted by Crippen LogP contribution is -2.36. The summed E-state index contributed by atoms with van der Waals surface area (Å²) < 4.78 is 10.3. The third-order valence-corrected chi connectivity index (χ3v) is 4.83. The van der Waals surface area contributed by atoms with E-state index in [0.29, 0.717) is 10.6 Å². The van der Waals surface area contributed by atoms with E-state index in [1.165, 1.54) is 24.1 Å². The summed E-state index contributed by atoms with van der Waals surface area (Å²) in [6, 6.07) is 8.15. The molecule has 2 aromatic rings. The van der Waals surface area contributed by atoms with Gasteiger partial charge in [0.2, 0.25) is 0 Å². The summed E-state index contributed by atoms with van der Waals surface area (Å²) in [4.78, 5) is 18.8. The number of benzene rings is 1. The molecule has 126 valence electrons. The molecule has 0 saturated carbocycles. The lowest BCUT2D eigenvalue weighted by atomic mass is 10.1. The molecule has 0 spiro atoms. The Morgan fingerprint density at radius 3 is 2.58 bits per heavy atom. The number of nitrogens with zero attached hydrogens (tertiary/aromatic N) is 2. The molecular formula is C18H20N2O3S. The number of carbonyl (C=O) groups is 1. The Hall–Kier alpha value is -2.18. The summed E-state index contributed by atoms with van der Waals surface area (Å²) in [6.07, 6.45) is 1.83. The number of thiazole rings is 1. The summed E-state index contributed by atoms with van der Waals surface area (Å²) in [5.41, 5.74) is 3.49. The van der Waals surface area contributed by atoms with Crippen LogP contribution in [0, 0.1) is 6.92 Å². The van der Waals surface area contributed by atoms with Crippen molar-refractivity contribution in [2.45, 2.75) is 6.92 Å². The maximum atomic E-state index is 12.1. The maximum Gasteiger partial charge on any atom is 0.340 e. The molecule has 1 fully saturated rings. The monoisotopic (exact) mass is 344 g/mol. The molecule has 6 heteroatoms. The van der Waals surface area contributed by atoms with Crippen LogP contribution in [-0.4, -0.2) is 44.4 Å². The van der Waals surface area contributed by atoms with E-state index in [1.54, 1.807) is 0 Å². The van der Waals surface area contributed by atoms with Crippen LogP contribution in [0.3, 0.4) is 0 Å². The van der Waals surface area contributed by atoms with Gasteiger partial charge in [-0.2, -0.15) is 0 Å². The average Bonchev–Trinajstić information content (AvgIpc) is 3.06. The fourth-order valence-electron chi connectivity index (χ4n) is 2.57. The minimum absolute atomic E-state index is 0.374. The van der Waals surface area contributed by atoms with E-state index < -0.39 is 0 Å². The van der Waals surface area contributed by atoms with Gasteiger partial charge < -0.3 is 14.4 Å². The first-order chi connectivity index (χ1) is 11.7. The van der Waals surface area contributed by atoms with Crippen molar-refractivity contribution < 1.29 is 14.3 Å². The van der Waals surface area contributed by atoms with E-state index >= 15 is 0 Å². The number of methoxy groups -OCH3 is 1. The van der Waals surface area contributed by atoms with Crippen LogP contribution in [0.15, 0.2) is 29.6 Å². The molecule has 0 unspecified atom stereocenters. The predicted molar refractivity (Wildman–Crippen MR) is 96.2 cm³/mol. The lowest BCUT2D eigenvalue weighted by molar-refractivity contribution is -0.133. The fraction of sp³-hybridized carbons (Fsp3) is 0.333. The van der Waals surface area contributed by atoms with E-state index in [4.69, 9.17) is 9.47 Å². The molecule has 1 aliphatic rings. The second-order valence-electron chi connectivity index (χ2n) is 5.53. The van der Waals surface area contributed by atoms with Gasteiger partial charge in [-0.1, -0.05) is 12.1 Å². The molecule has 0 N–H and O–H groups in total. The summed E-state index contributed by atoms with van der Waals surface area (Å²) in [5, 5.41) is 2.60. The van der Waals surface area contributed by atoms with Crippen molar-refractivity contribution >= 4 is 34.6 Å². The van der Waals surface area contributed by atoms with Crippen LogP contribution >= 0.6 is 11.3 Å². The molecule has 0 amide bonds. The lowest BCUT2D eigenvalue weighted by Gasteiger charge is -2.28. The Labute approximate surface area is 145 Å². The largest absolute Gasteiger partial charge is 0.465 e. The van der Waals surface area contributed by atoms with Crippen molar-refractivity contribution in [2.75, 3.05) is 38.3 Å². The van der Waals surface area contributed by atoms with Crippen LogP contribution < -0.4 is 4.90 Å². The topological polar surface area (TPSA) is 51.7 Å². The summed E-state index contributed by atoms with van der Waals surface area (Å²) in [6.45, 7) is 5.24. The number of morpholine rings is 1. The molecule has 2 heterocycles. The zero-order chi connectivity index (χ0) is 16.9. The zero-order valence-corrected chi connectivity index (χ0v) is 14.6. The summed E-state index contributed by atoms with van der Waals surface area (Å²) >= 11 is 1.44. The molecule has 5 nitrogen and oxygen atoms in total. The van der Waals surface area contributed by atoms with Crippen molar-refractivity contribution in [1.82, 2.24) is 4.98 Å². The number of aromatic nitrogens is 1. The maximum absolute atomic E-state index is 12.1. The first kappa shape index (κ1) is 16.7. The smallest absolute Gasteiger partial charge is 0.340 e. The van der Waals surface area contributed by atoms with E-state index in [2.05, 4.69) is 22.0 Å². The summed E-state index contributed by atoms with van der Waals surface area (Å²) in [7, 11) is 1.39. The van der Waals surface area contributed by atoms with Gasteiger partial charge >= 0.3 is 5.97 Å². The molecule has 1 aromatic carbocycles. The Bertz CT molecular complexity index is 731. The number of esters is 1. The minimum atomic E-state index is -0.374. The highest BCUT2D eigenvalue weighted by molar-refractivity contribution is 7.11. The number of rotatable bonds is 4. The second kappa shape index (κ2) is 7.59. The molecule has 1 aliphatic heterocycles. The van der Waals surface area contributed by atoms with Crippen molar-refractivity contribution in [2.24, 2.45) is 0 Å². The van der Waals surface area contributed by atoms with Gasteiger partial charge in [-0.25, -0.2) is 9.78 Å². The normalized spacial score (nSPS) is 15.4. The Morgan fingerprint density at radius 1 is 1.29 bits per heavy atom. The van der Waals surface area contributed by atoms with Gasteiger partial charge in [0, 0.05) is 29.9 Å². The van der Waals surface area contributed by atoms with Crippen molar-refractivity contribution in [3.63, 3.8) is 0 Å². The number of hydrogen-bond donors (Lipinski definition) is 0. The third kappa shape index (κ3) is 3.83. The predicted octanol–water partition coefficient (Wildman–Crippen LogP) is 3.00. The van der Waals surface area contributed by atoms with Crippen LogP contribution in [0.2, 0.25) is 0 Å². The fourth-order valence-corrected chi connectivity index (χ4v) is 3.37. The average molecular weight is 344 g/mol. The first-order valence-corrected chi connectivity index (χ1v) is 8.70. The van der Waals surface area contributed by atoms with Gasteiger partial charge in [0.25, 0.3) is 0 Å². The molecule has 24 heavy (non-hydrogen) atoms. The molecule has 0 atom stereocenters. The Balaban J connectivity index is 1.85. The van der Waals surface area contributed by atoms with Crippen LogP contribution in [0.5, 0.6) is 0 Å². The molecular weight excluding hydrogens is 324 g/mol. The highest BCUT2D eigenvalue weighted by Gasteiger charge is 2.16. The molecule has 0 bridgehead atoms. The van der Waals surface area contributed by atoms with Crippen molar-refractivity contribution in [3.8, 4) is 0 Å². The number of carbonyl (C=O) groups excluding carboxylic acids is 1. The zero-order valence-electron chi connectivity index (χ0n) is 13.8. The van der Waals surface area contributed by atoms with Crippen LogP contribution in [0.1, 0.15) is 16.3 Å². The quantitative estimate of drug-likeness (QED) is 0.630. The molecule has 0 radical (unpaired) electrons. The van der Waals surface area contributed by atoms with Crippen LogP contribution in [0.25, 0.3) is 11.6 Å². The second-order valence-corrected chi connectivity index (χ2v) is 6.39. The van der Waals surface area contributed by atoms with Gasteiger partial charge in [0.15, 0.2) is 0 Å². The van der Waals surface area contributed by atoms with Gasteiger partial charge in [-0.15, -0.1) is 11.3 Å². The van der Waals surface area contributed by atoms with Gasteiger partial charge in [0.05, 0.1) is 25.9 Å². The van der Waals surface area contributed by atoms with Crippen LogP contribution in [0.4, 0.5) is 5.69 Å². The molecule has 1 aromatic heterocycles. The standard InChI is InChI=1S/C18H20N2O3S/c1-13-12-24-17(19-13)16(18(21)22-2)11-14-3-5-15(6-4-14)20-7-9-23-10-8-20/h3-6,11-12H,7-10H2,1-2H3/b16-11-. The van der Waals surface area contributed by atoms with E-state index in [9.17, 15) is 4.79 Å². The van der Waals surface area contributed by atoms with E-state index in [1.807, 2.05) is 30.5 Å². The SMILES string of the molecule is COC(=O)/C(=C\c1ccc(N2CCOCC2)cc1)c1nc(C)cs1. The minimum Gasteiger partial charge on any atom is -0.465 e. The number of hydrogen-bond acceptors (Lipinski definition) is 6. The van der Waals surface area contributed by atoms with E-state index in [0.717, 1.165) is 37.6 Å². The number of anilines is 1. The first-order valence-electron chi connectivity index (χ1n) is 7.82. The van der Waals surface area contributed by atoms with E-state index in [-0.39, 0.29) is 5.97 Å². The van der Waals surface area contributed by atoms with Crippen molar-refractivity contribution in [3.05, 3.63) is 45.9 Å². The highest BCUT2D eigenvalue weighted by atomic mass is 32.1. The summed E-state index contributed by atoms with van der Waals surface area (Å²) in [5.74, 6) is -0.374. The third-order valence-electron chi connectivity index (χ3n) is 3.84. The molecule has 0 aliphatic carbocycles. The van der Waals surface area contributed by atoms with Crippen molar-refractivity contribution in [1.29, 1.82) is 0 Å². The number of ether oxygens (including phenoxy) is 2. The van der Waals surface area contributed by atoms with Gasteiger partial charge in [-0.3, -0.25) is 0 Å².